The molecular weight excluding hydrogens is 456 g/mol. The van der Waals surface area contributed by atoms with Gasteiger partial charge in [-0.05, 0) is 67.9 Å². The van der Waals surface area contributed by atoms with Crippen LogP contribution in [-0.4, -0.2) is 23.2 Å². The predicted octanol–water partition coefficient (Wildman–Crippen LogP) is 8.42. The summed E-state index contributed by atoms with van der Waals surface area (Å²) in [5.41, 5.74) is 0. The minimum atomic E-state index is 0.114. The van der Waals surface area contributed by atoms with Crippen molar-refractivity contribution in [2.75, 3.05) is 12.3 Å². The van der Waals surface area contributed by atoms with Crippen molar-refractivity contribution in [1.82, 2.24) is 10.3 Å². The average Bonchev–Trinajstić information content (AvgIpc) is 2.86. The van der Waals surface area contributed by atoms with Crippen LogP contribution in [-0.2, 0) is 4.79 Å². The highest BCUT2D eigenvalue weighted by atomic mass is 33.1. The lowest BCUT2D eigenvalue weighted by Gasteiger charge is -2.03. The summed E-state index contributed by atoms with van der Waals surface area (Å²) in [7, 11) is 3.35. The Labute approximate surface area is 215 Å². The lowest BCUT2D eigenvalue weighted by Crippen LogP contribution is -2.24. The quantitative estimate of drug-likeness (QED) is 0.119. The SMILES string of the molecule is CC/C=C\C/C=C\C/C=C\C/C=C\C/C=C\C/C=C\CCC(=O)NCCSSc1ccccn1. The van der Waals surface area contributed by atoms with Crippen molar-refractivity contribution in [2.45, 2.75) is 63.3 Å². The molecule has 0 fully saturated rings. The predicted molar refractivity (Wildman–Crippen MR) is 153 cm³/mol. The van der Waals surface area contributed by atoms with Crippen LogP contribution in [0, 0.1) is 0 Å². The van der Waals surface area contributed by atoms with E-state index in [4.69, 9.17) is 0 Å². The third kappa shape index (κ3) is 20.4. The van der Waals surface area contributed by atoms with Crippen LogP contribution in [0.25, 0.3) is 0 Å². The van der Waals surface area contributed by atoms with Crippen molar-refractivity contribution < 1.29 is 4.79 Å². The van der Waals surface area contributed by atoms with Crippen molar-refractivity contribution in [3.63, 3.8) is 0 Å². The Balaban J connectivity index is 1.92. The standard InChI is InChI=1S/C29H40N2OS2/c1-2-3-4-5-6-7-8-9-10-11-12-13-14-15-16-17-18-19-20-23-28(32)30-26-27-33-34-29-24-21-22-25-31-29/h3-4,6-7,9-10,12-13,15-16,18-19,21-22,24-25H,2,5,8,11,14,17,20,23,26-27H2,1H3,(H,30,32)/b4-3-,7-6-,10-9-,13-12-,16-15-,19-18-. The van der Waals surface area contributed by atoms with Gasteiger partial charge in [-0.15, -0.1) is 0 Å². The number of nitrogens with zero attached hydrogens (tertiary/aromatic N) is 1. The minimum absolute atomic E-state index is 0.114. The number of allylic oxidation sites excluding steroid dienone is 12. The third-order valence-corrected chi connectivity index (χ3v) is 6.69. The van der Waals surface area contributed by atoms with Crippen molar-refractivity contribution in [1.29, 1.82) is 0 Å². The highest BCUT2D eigenvalue weighted by molar-refractivity contribution is 8.76. The summed E-state index contributed by atoms with van der Waals surface area (Å²) in [6, 6.07) is 5.88. The van der Waals surface area contributed by atoms with Gasteiger partial charge in [-0.1, -0.05) is 96.7 Å². The molecule has 0 saturated heterocycles. The van der Waals surface area contributed by atoms with E-state index in [1.165, 1.54) is 0 Å². The lowest BCUT2D eigenvalue weighted by molar-refractivity contribution is -0.120. The average molecular weight is 497 g/mol. The summed E-state index contributed by atoms with van der Waals surface area (Å²) in [6.45, 7) is 2.84. The maximum atomic E-state index is 11.9. The van der Waals surface area contributed by atoms with Crippen molar-refractivity contribution >= 4 is 27.5 Å². The van der Waals surface area contributed by atoms with Gasteiger partial charge in [0.25, 0.3) is 0 Å². The number of amides is 1. The monoisotopic (exact) mass is 496 g/mol. The summed E-state index contributed by atoms with van der Waals surface area (Å²) >= 11 is 0. The molecule has 0 aliphatic carbocycles. The third-order valence-electron chi connectivity index (χ3n) is 4.42. The molecule has 1 aromatic heterocycles. The zero-order valence-corrected chi connectivity index (χ0v) is 22.1. The van der Waals surface area contributed by atoms with E-state index in [1.54, 1.807) is 27.8 Å². The van der Waals surface area contributed by atoms with Gasteiger partial charge in [0.1, 0.15) is 5.03 Å². The van der Waals surface area contributed by atoms with Crippen LogP contribution in [0.4, 0.5) is 0 Å². The summed E-state index contributed by atoms with van der Waals surface area (Å²) in [5.74, 6) is 0.982. The second-order valence-electron chi connectivity index (χ2n) is 7.38. The van der Waals surface area contributed by atoms with Gasteiger partial charge in [0, 0.05) is 24.9 Å². The van der Waals surface area contributed by atoms with Crippen LogP contribution in [0.5, 0.6) is 0 Å². The molecule has 184 valence electrons. The van der Waals surface area contributed by atoms with Gasteiger partial charge in [-0.2, -0.15) is 0 Å². The van der Waals surface area contributed by atoms with Crippen LogP contribution in [0.2, 0.25) is 0 Å². The van der Waals surface area contributed by atoms with Crippen LogP contribution >= 0.6 is 21.6 Å². The largest absolute Gasteiger partial charge is 0.355 e. The van der Waals surface area contributed by atoms with Gasteiger partial charge in [-0.3, -0.25) is 4.79 Å². The van der Waals surface area contributed by atoms with E-state index in [1.807, 2.05) is 18.2 Å². The van der Waals surface area contributed by atoms with E-state index < -0.39 is 0 Å². The molecule has 0 saturated carbocycles. The van der Waals surface area contributed by atoms with Crippen molar-refractivity contribution in [3.05, 3.63) is 97.3 Å². The smallest absolute Gasteiger partial charge is 0.220 e. The lowest BCUT2D eigenvalue weighted by atomic mass is 10.2. The normalized spacial score (nSPS) is 12.5. The first-order valence-corrected chi connectivity index (χ1v) is 14.5. The number of nitrogens with one attached hydrogen (secondary N) is 1. The van der Waals surface area contributed by atoms with Gasteiger partial charge < -0.3 is 5.32 Å². The number of hydrogen-bond acceptors (Lipinski definition) is 4. The summed E-state index contributed by atoms with van der Waals surface area (Å²) in [6.07, 6.45) is 35.4. The van der Waals surface area contributed by atoms with Gasteiger partial charge >= 0.3 is 0 Å². The van der Waals surface area contributed by atoms with Crippen LogP contribution < -0.4 is 5.32 Å². The number of aromatic nitrogens is 1. The Hall–Kier alpha value is -2.24. The fraction of sp³-hybridized carbons (Fsp3) is 0.379. The maximum Gasteiger partial charge on any atom is 0.220 e. The number of carbonyl (C=O) groups is 1. The van der Waals surface area contributed by atoms with Crippen molar-refractivity contribution in [3.8, 4) is 0 Å². The molecule has 34 heavy (non-hydrogen) atoms. The van der Waals surface area contributed by atoms with Gasteiger partial charge in [0.2, 0.25) is 5.91 Å². The number of rotatable bonds is 19. The summed E-state index contributed by atoms with van der Waals surface area (Å²) < 4.78 is 0. The molecule has 1 heterocycles. The highest BCUT2D eigenvalue weighted by Crippen LogP contribution is 2.28. The molecule has 0 radical (unpaired) electrons. The van der Waals surface area contributed by atoms with Gasteiger partial charge in [0.05, 0.1) is 0 Å². The zero-order chi connectivity index (χ0) is 24.4. The Kier molecular flexibility index (Phi) is 20.9. The topological polar surface area (TPSA) is 42.0 Å². The number of hydrogen-bond donors (Lipinski definition) is 1. The maximum absolute atomic E-state index is 11.9. The molecule has 1 amide bonds. The first-order valence-electron chi connectivity index (χ1n) is 12.2. The summed E-state index contributed by atoms with van der Waals surface area (Å²) in [5, 5.41) is 3.96. The van der Waals surface area contributed by atoms with Crippen LogP contribution in [0.1, 0.15) is 58.3 Å². The first-order chi connectivity index (χ1) is 16.8. The molecule has 0 aliphatic rings. The molecule has 1 rings (SSSR count). The molecule has 1 N–H and O–H groups in total. The Morgan fingerprint density at radius 3 is 1.91 bits per heavy atom. The zero-order valence-electron chi connectivity index (χ0n) is 20.5. The fourth-order valence-corrected chi connectivity index (χ4v) is 4.46. The molecule has 0 spiro atoms. The molecule has 0 aromatic carbocycles. The Morgan fingerprint density at radius 1 is 0.824 bits per heavy atom. The van der Waals surface area contributed by atoms with E-state index in [-0.39, 0.29) is 5.91 Å². The Bertz CT molecular complexity index is 796. The van der Waals surface area contributed by atoms with E-state index in [9.17, 15) is 4.79 Å². The summed E-state index contributed by atoms with van der Waals surface area (Å²) in [4.78, 5) is 16.1. The molecule has 0 unspecified atom stereocenters. The molecule has 3 nitrogen and oxygen atoms in total. The van der Waals surface area contributed by atoms with Crippen LogP contribution in [0.15, 0.2) is 102 Å². The fourth-order valence-electron chi connectivity index (χ4n) is 2.67. The minimum Gasteiger partial charge on any atom is -0.355 e. The molecular formula is C29H40N2OS2. The van der Waals surface area contributed by atoms with E-state index in [0.29, 0.717) is 13.0 Å². The van der Waals surface area contributed by atoms with Crippen LogP contribution in [0.3, 0.4) is 0 Å². The van der Waals surface area contributed by atoms with E-state index in [2.05, 4.69) is 90.1 Å². The molecule has 0 aliphatic heterocycles. The molecule has 0 bridgehead atoms. The van der Waals surface area contributed by atoms with Gasteiger partial charge in [-0.25, -0.2) is 4.98 Å². The van der Waals surface area contributed by atoms with Crippen molar-refractivity contribution in [2.24, 2.45) is 0 Å². The van der Waals surface area contributed by atoms with E-state index >= 15 is 0 Å². The van der Waals surface area contributed by atoms with E-state index in [0.717, 1.165) is 55.7 Å². The first kappa shape index (κ1) is 29.8. The Morgan fingerprint density at radius 2 is 1.38 bits per heavy atom. The highest BCUT2D eigenvalue weighted by Gasteiger charge is 1.99. The second-order valence-corrected chi connectivity index (χ2v) is 9.81. The molecule has 1 aromatic rings. The number of carbonyl (C=O) groups excluding carboxylic acids is 1. The molecule has 0 atom stereocenters. The molecule has 5 heteroatoms. The van der Waals surface area contributed by atoms with Gasteiger partial charge in [0.15, 0.2) is 0 Å². The second kappa shape index (κ2) is 23.9. The number of pyridine rings is 1.